The van der Waals surface area contributed by atoms with Crippen molar-refractivity contribution < 1.29 is 9.53 Å². The molecule has 0 fully saturated rings. The molecule has 1 amide bonds. The Bertz CT molecular complexity index is 890. The van der Waals surface area contributed by atoms with E-state index in [1.54, 1.807) is 12.1 Å². The quantitative estimate of drug-likeness (QED) is 0.377. The van der Waals surface area contributed by atoms with Gasteiger partial charge in [-0.1, -0.05) is 68.8 Å². The van der Waals surface area contributed by atoms with Gasteiger partial charge in [0.05, 0.1) is 0 Å². The van der Waals surface area contributed by atoms with Crippen molar-refractivity contribution in [3.8, 4) is 5.75 Å². The summed E-state index contributed by atoms with van der Waals surface area (Å²) in [6.45, 7) is -0.0939. The van der Waals surface area contributed by atoms with E-state index in [-0.39, 0.29) is 12.5 Å². The van der Waals surface area contributed by atoms with Crippen molar-refractivity contribution in [3.05, 3.63) is 63.6 Å². The molecule has 0 unspecified atom stereocenters. The molecule has 0 aliphatic heterocycles. The van der Waals surface area contributed by atoms with Crippen LogP contribution in [0.15, 0.2) is 57.3 Å². The summed E-state index contributed by atoms with van der Waals surface area (Å²) in [6.07, 6.45) is 0. The van der Waals surface area contributed by atoms with E-state index >= 15 is 0 Å². The predicted molar refractivity (Wildman–Crippen MR) is 109 cm³/mol. The second-order valence-corrected chi connectivity index (χ2v) is 8.57. The number of benzene rings is 2. The minimum Gasteiger partial charge on any atom is -0.484 e. The zero-order valence-corrected chi connectivity index (χ0v) is 17.3. The number of aromatic nitrogens is 2. The molecule has 1 N–H and O–H groups in total. The Labute approximate surface area is 172 Å². The Kier molecular flexibility index (Phi) is 6.90. The smallest absolute Gasteiger partial charge is 0.264 e. The predicted octanol–water partition coefficient (Wildman–Crippen LogP) is 5.26. The van der Waals surface area contributed by atoms with Crippen LogP contribution in [0.1, 0.15) is 5.56 Å². The minimum atomic E-state index is -0.285. The van der Waals surface area contributed by atoms with Crippen molar-refractivity contribution in [2.24, 2.45) is 0 Å². The molecule has 26 heavy (non-hydrogen) atoms. The third-order valence-electron chi connectivity index (χ3n) is 3.15. The van der Waals surface area contributed by atoms with Gasteiger partial charge in [-0.25, -0.2) is 0 Å². The van der Waals surface area contributed by atoms with Gasteiger partial charge >= 0.3 is 0 Å². The normalized spacial score (nSPS) is 10.5. The summed E-state index contributed by atoms with van der Waals surface area (Å²) >= 11 is 12.3. The van der Waals surface area contributed by atoms with Gasteiger partial charge in [0.2, 0.25) is 5.13 Å². The van der Waals surface area contributed by atoms with Gasteiger partial charge in [-0.15, -0.1) is 10.2 Å². The largest absolute Gasteiger partial charge is 0.484 e. The Morgan fingerprint density at radius 2 is 1.96 bits per heavy atom. The lowest BCUT2D eigenvalue weighted by Crippen LogP contribution is -2.20. The van der Waals surface area contributed by atoms with Gasteiger partial charge in [0, 0.05) is 15.2 Å². The highest BCUT2D eigenvalue weighted by Gasteiger charge is 2.10. The number of thioether (sulfide) groups is 1. The van der Waals surface area contributed by atoms with Crippen LogP contribution in [-0.4, -0.2) is 22.7 Å². The summed E-state index contributed by atoms with van der Waals surface area (Å²) in [7, 11) is 0. The Morgan fingerprint density at radius 1 is 1.19 bits per heavy atom. The van der Waals surface area contributed by atoms with Gasteiger partial charge in [-0.2, -0.15) is 0 Å². The van der Waals surface area contributed by atoms with Crippen LogP contribution in [0.2, 0.25) is 5.02 Å². The van der Waals surface area contributed by atoms with Gasteiger partial charge in [0.25, 0.3) is 5.91 Å². The lowest BCUT2D eigenvalue weighted by Gasteiger charge is -2.05. The SMILES string of the molecule is O=C(COc1ccc(Br)cc1)Nc1nnc(SCc2ccccc2Cl)s1. The lowest BCUT2D eigenvalue weighted by atomic mass is 10.2. The fourth-order valence-corrected chi connectivity index (χ4v) is 4.23. The number of halogens is 2. The molecule has 2 aromatic carbocycles. The monoisotopic (exact) mass is 469 g/mol. The lowest BCUT2D eigenvalue weighted by molar-refractivity contribution is -0.118. The topological polar surface area (TPSA) is 64.1 Å². The van der Waals surface area contributed by atoms with Crippen molar-refractivity contribution in [2.75, 3.05) is 11.9 Å². The van der Waals surface area contributed by atoms with E-state index in [2.05, 4.69) is 31.4 Å². The van der Waals surface area contributed by atoms with Gasteiger partial charge < -0.3 is 4.74 Å². The van der Waals surface area contributed by atoms with Crippen molar-refractivity contribution in [3.63, 3.8) is 0 Å². The summed E-state index contributed by atoms with van der Waals surface area (Å²) in [4.78, 5) is 12.0. The number of rotatable bonds is 7. The van der Waals surface area contributed by atoms with Crippen LogP contribution in [0.4, 0.5) is 5.13 Å². The molecule has 0 spiro atoms. The van der Waals surface area contributed by atoms with Gasteiger partial charge in [0.1, 0.15) is 5.75 Å². The Hall–Kier alpha value is -1.61. The number of hydrogen-bond donors (Lipinski definition) is 1. The average Bonchev–Trinajstić information content (AvgIpc) is 3.08. The van der Waals surface area contributed by atoms with Crippen molar-refractivity contribution in [2.45, 2.75) is 10.1 Å². The van der Waals surface area contributed by atoms with Crippen LogP contribution >= 0.6 is 50.6 Å². The maximum absolute atomic E-state index is 12.0. The van der Waals surface area contributed by atoms with E-state index in [0.717, 1.165) is 19.4 Å². The minimum absolute atomic E-state index is 0.0939. The molecule has 0 saturated carbocycles. The third-order valence-corrected chi connectivity index (χ3v) is 6.06. The molecule has 1 aromatic heterocycles. The highest BCUT2D eigenvalue weighted by molar-refractivity contribution is 9.10. The molecule has 3 aromatic rings. The van der Waals surface area contributed by atoms with Gasteiger partial charge in [-0.05, 0) is 35.9 Å². The maximum Gasteiger partial charge on any atom is 0.264 e. The van der Waals surface area contributed by atoms with E-state index in [9.17, 15) is 4.79 Å². The number of anilines is 1. The van der Waals surface area contributed by atoms with Gasteiger partial charge in [0.15, 0.2) is 10.9 Å². The molecule has 1 heterocycles. The molecule has 5 nitrogen and oxygen atoms in total. The highest BCUT2D eigenvalue weighted by atomic mass is 79.9. The zero-order chi connectivity index (χ0) is 18.4. The number of nitrogens with zero attached hydrogens (tertiary/aromatic N) is 2. The molecule has 0 bridgehead atoms. The first-order valence-corrected chi connectivity index (χ1v) is 10.5. The highest BCUT2D eigenvalue weighted by Crippen LogP contribution is 2.30. The van der Waals surface area contributed by atoms with Crippen LogP contribution in [0.5, 0.6) is 5.75 Å². The molecule has 0 aliphatic carbocycles. The first-order valence-electron chi connectivity index (χ1n) is 7.48. The Morgan fingerprint density at radius 3 is 2.73 bits per heavy atom. The molecule has 0 atom stereocenters. The summed E-state index contributed by atoms with van der Waals surface area (Å²) in [5.74, 6) is 1.03. The first kappa shape index (κ1) is 19.2. The summed E-state index contributed by atoms with van der Waals surface area (Å²) in [5.41, 5.74) is 1.03. The number of amides is 1. The summed E-state index contributed by atoms with van der Waals surface area (Å²) in [6, 6.07) is 14.9. The molecule has 3 rings (SSSR count). The average molecular weight is 471 g/mol. The number of carbonyl (C=O) groups excluding carboxylic acids is 1. The van der Waals surface area contributed by atoms with E-state index in [1.807, 2.05) is 36.4 Å². The maximum atomic E-state index is 12.0. The zero-order valence-electron chi connectivity index (χ0n) is 13.3. The number of nitrogens with one attached hydrogen (secondary N) is 1. The Balaban J connectivity index is 1.47. The number of ether oxygens (including phenoxy) is 1. The molecule has 0 aliphatic rings. The summed E-state index contributed by atoms with van der Waals surface area (Å²) < 4.78 is 7.13. The fraction of sp³-hybridized carbons (Fsp3) is 0.118. The first-order chi connectivity index (χ1) is 12.6. The third kappa shape index (κ3) is 5.70. The second-order valence-electron chi connectivity index (χ2n) is 5.04. The number of hydrogen-bond acceptors (Lipinski definition) is 6. The number of carbonyl (C=O) groups is 1. The standard InChI is InChI=1S/C17H13BrClN3O2S2/c18-12-5-7-13(8-6-12)24-9-15(23)20-16-21-22-17(26-16)25-10-11-3-1-2-4-14(11)19/h1-8H,9-10H2,(H,20,21,23). The van der Waals surface area contributed by atoms with E-state index in [0.29, 0.717) is 16.6 Å². The van der Waals surface area contributed by atoms with Crippen molar-refractivity contribution >= 4 is 61.7 Å². The van der Waals surface area contributed by atoms with Gasteiger partial charge in [-0.3, -0.25) is 10.1 Å². The fourth-order valence-electron chi connectivity index (χ4n) is 1.91. The van der Waals surface area contributed by atoms with Crippen molar-refractivity contribution in [1.82, 2.24) is 10.2 Å². The molecule has 134 valence electrons. The molecular formula is C17H13BrClN3O2S2. The van der Waals surface area contributed by atoms with E-state index < -0.39 is 0 Å². The molecule has 0 saturated heterocycles. The second kappa shape index (κ2) is 9.36. The molecule has 9 heteroatoms. The van der Waals surface area contributed by atoms with Crippen LogP contribution < -0.4 is 10.1 Å². The van der Waals surface area contributed by atoms with E-state index in [4.69, 9.17) is 16.3 Å². The molecule has 0 radical (unpaired) electrons. The van der Waals surface area contributed by atoms with Crippen molar-refractivity contribution in [1.29, 1.82) is 0 Å². The van der Waals surface area contributed by atoms with Crippen LogP contribution in [0.3, 0.4) is 0 Å². The van der Waals surface area contributed by atoms with Crippen LogP contribution in [-0.2, 0) is 10.5 Å². The van der Waals surface area contributed by atoms with E-state index in [1.165, 1.54) is 23.1 Å². The molecular weight excluding hydrogens is 458 g/mol. The van der Waals surface area contributed by atoms with Crippen LogP contribution in [0.25, 0.3) is 0 Å². The summed E-state index contributed by atoms with van der Waals surface area (Å²) in [5, 5.41) is 11.9. The van der Waals surface area contributed by atoms with Crippen LogP contribution in [0, 0.1) is 0 Å².